The molecule has 468 valence electrons. The van der Waals surface area contributed by atoms with Crippen molar-refractivity contribution in [2.24, 2.45) is 0 Å². The Morgan fingerprint density at radius 2 is 0.500 bits per heavy atom. The van der Waals surface area contributed by atoms with Crippen molar-refractivity contribution in [1.29, 1.82) is 0 Å². The van der Waals surface area contributed by atoms with Crippen molar-refractivity contribution in [2.75, 3.05) is 24.9 Å². The minimum absolute atomic E-state index is 0. The van der Waals surface area contributed by atoms with Gasteiger partial charge in [0.05, 0.1) is 0 Å². The van der Waals surface area contributed by atoms with E-state index in [-0.39, 0.29) is 129 Å². The molecule has 0 aromatic heterocycles. The Morgan fingerprint density at radius 1 is 0.321 bits per heavy atom. The Kier molecular flexibility index (Phi) is 65.2. The van der Waals surface area contributed by atoms with Gasteiger partial charge in [0.15, 0.2) is 0 Å². The third-order valence-electron chi connectivity index (χ3n) is 8.28. The van der Waals surface area contributed by atoms with Crippen LogP contribution < -0.4 is 10.4 Å². The maximum atomic E-state index is 12.2. The average Bonchev–Trinajstić information content (AvgIpc) is 3.16. The van der Waals surface area contributed by atoms with Crippen molar-refractivity contribution in [3.8, 4) is 0 Å². The second-order valence-electron chi connectivity index (χ2n) is 19.1. The third-order valence-corrected chi connectivity index (χ3v) is 32.8. The first-order valence-electron chi connectivity index (χ1n) is 21.0. The first kappa shape index (κ1) is 110. The van der Waals surface area contributed by atoms with Crippen molar-refractivity contribution >= 4 is 93.2 Å². The highest BCUT2D eigenvalue weighted by Gasteiger charge is 2.53. The fourth-order valence-corrected chi connectivity index (χ4v) is 35.9. The lowest BCUT2D eigenvalue weighted by Crippen LogP contribution is -2.72. The van der Waals surface area contributed by atoms with E-state index in [2.05, 4.69) is 26.3 Å². The van der Waals surface area contributed by atoms with Crippen LogP contribution in [0.4, 0.5) is 0 Å². The molecule has 78 heavy (non-hydrogen) atoms. The number of hydrogen-bond donors (Lipinski definition) is 0. The van der Waals surface area contributed by atoms with Gasteiger partial charge in [0.2, 0.25) is 33.3 Å². The Balaban J connectivity index is -0.0000000789. The summed E-state index contributed by atoms with van der Waals surface area (Å²) in [5.74, 6) is -1.70. The molecule has 0 unspecified atom stereocenters. The third kappa shape index (κ3) is 41.6. The SMILES string of the molecule is C.C.C.C.C.C.C.C.C.C.C.C.C.C.C=C(C)C(=O)OC[Si](C)(C)O[Si](C)(C)O[Si](C)(C)COC(=O)C(=C)C.C=C(C)C(=O)OC[Si](C)(C)O[Si](C)(C)O[Si](O[Si](C)(C)COC(=O)C(=C)C)(c1ccccc1)c1ccccc1. The topological polar surface area (TPSA) is 151 Å². The molecule has 0 bridgehead atoms. The second kappa shape index (κ2) is 46.2. The van der Waals surface area contributed by atoms with Crippen molar-refractivity contribution < 1.29 is 58.7 Å². The summed E-state index contributed by atoms with van der Waals surface area (Å²) in [5.41, 5.74) is 1.42. The molecule has 0 saturated heterocycles. The summed E-state index contributed by atoms with van der Waals surface area (Å²) in [6.45, 7) is 44.8. The molecule has 20 heteroatoms. The van der Waals surface area contributed by atoms with Crippen molar-refractivity contribution in [2.45, 2.75) is 210 Å². The summed E-state index contributed by atoms with van der Waals surface area (Å²) in [4.78, 5) is 47.4. The monoisotopic (exact) mass is 1230 g/mol. The molecule has 0 aliphatic rings. The predicted octanol–water partition coefficient (Wildman–Crippen LogP) is 17.1. The van der Waals surface area contributed by atoms with Crippen molar-refractivity contribution in [1.82, 2.24) is 0 Å². The fourth-order valence-electron chi connectivity index (χ4n) is 6.08. The van der Waals surface area contributed by atoms with Gasteiger partial charge in [-0.15, -0.1) is 0 Å². The average molecular weight is 1230 g/mol. The highest BCUT2D eigenvalue weighted by atomic mass is 28.5. The zero-order valence-corrected chi connectivity index (χ0v) is 48.2. The number of hydrogen-bond acceptors (Lipinski definition) is 13. The summed E-state index contributed by atoms with van der Waals surface area (Å²) >= 11 is 0. The number of carbonyl (C=O) groups is 4. The van der Waals surface area contributed by atoms with Crippen LogP contribution in [-0.2, 0) is 58.7 Å². The summed E-state index contributed by atoms with van der Waals surface area (Å²) in [6.07, 6.45) is 0.814. The predicted molar refractivity (Wildman–Crippen MR) is 366 cm³/mol. The van der Waals surface area contributed by atoms with E-state index >= 15 is 0 Å². The van der Waals surface area contributed by atoms with Crippen LogP contribution in [0, 0.1) is 0 Å². The van der Waals surface area contributed by atoms with E-state index < -0.39 is 82.8 Å². The van der Waals surface area contributed by atoms with Crippen LogP contribution in [0.3, 0.4) is 0 Å². The Labute approximate surface area is 493 Å². The summed E-state index contributed by atoms with van der Waals surface area (Å²) in [5, 5.41) is 1.86. The lowest BCUT2D eigenvalue weighted by Gasteiger charge is -2.44. The van der Waals surface area contributed by atoms with Gasteiger partial charge in [-0.2, -0.15) is 0 Å². The smallest absolute Gasteiger partial charge is 0.388 e. The van der Waals surface area contributed by atoms with Gasteiger partial charge in [0.1, 0.15) is 24.9 Å². The molecule has 0 aliphatic carbocycles. The molecule has 0 saturated carbocycles. The van der Waals surface area contributed by atoms with Gasteiger partial charge in [0, 0.05) is 22.3 Å². The molecule has 2 aromatic rings. The molecule has 0 N–H and O–H groups in total. The molecule has 2 aromatic carbocycles. The van der Waals surface area contributed by atoms with Crippen molar-refractivity contribution in [3.05, 3.63) is 109 Å². The number of rotatable bonds is 24. The van der Waals surface area contributed by atoms with Gasteiger partial charge in [-0.05, 0) is 117 Å². The van der Waals surface area contributed by atoms with Gasteiger partial charge in [-0.1, -0.05) is 191 Å². The molecule has 0 amide bonds. The molecule has 0 aliphatic heterocycles. The molecule has 0 radical (unpaired) electrons. The van der Waals surface area contributed by atoms with Gasteiger partial charge in [-0.25, -0.2) is 19.2 Å². The minimum atomic E-state index is -3.40. The number of benzene rings is 2. The van der Waals surface area contributed by atoms with Crippen LogP contribution in [0.5, 0.6) is 0 Å². The lowest BCUT2D eigenvalue weighted by atomic mass is 10.4. The fraction of sp³-hybridized carbons (Fsp3) is 0.586. The lowest BCUT2D eigenvalue weighted by molar-refractivity contribution is -0.138. The highest BCUT2D eigenvalue weighted by Crippen LogP contribution is 2.26. The molecule has 0 fully saturated rings. The van der Waals surface area contributed by atoms with Crippen LogP contribution >= 0.6 is 0 Å². The summed E-state index contributed by atoms with van der Waals surface area (Å²) in [6, 6.07) is 19.8. The largest absolute Gasteiger partial charge is 0.463 e. The van der Waals surface area contributed by atoms with Crippen LogP contribution in [-0.4, -0.2) is 108 Å². The normalized spacial score (nSPS) is 10.3. The standard InChI is InChI=1S/C28H42O7Si4.C16H32O6Si3.14CH4/c1-23(2)27(29)31-21-36(5,6)33-38(9,10)35-39(25-17-13-11-14-18-25,26-19-15-12-16-20-26)34-37(7,8)22-32-28(30)24(3)4;1-13(2)15(17)19-11-23(5,6)21-25(9,10)22-24(7,8)12-20-16(18)14(3)4;;;;;;;;;;;;;;/h11-20H,1,3,21-22H2,2,4-10H3;1,3,11-12H2,2,4-10H3;14*1H4. The van der Waals surface area contributed by atoms with E-state index in [1.165, 1.54) is 0 Å². The molecule has 0 heterocycles. The number of carbonyl (C=O) groups excluding carboxylic acids is 4. The molecule has 13 nitrogen and oxygen atoms in total. The van der Waals surface area contributed by atoms with Crippen LogP contribution in [0.15, 0.2) is 109 Å². The van der Waals surface area contributed by atoms with Crippen LogP contribution in [0.2, 0.25) is 78.6 Å². The maximum absolute atomic E-state index is 12.2. The Hall–Kier alpha value is -3.40. The van der Waals surface area contributed by atoms with E-state index in [1.54, 1.807) is 27.7 Å². The second-order valence-corrected chi connectivity index (χ2v) is 46.4. The first-order chi connectivity index (χ1) is 29.1. The Morgan fingerprint density at radius 3 is 0.692 bits per heavy atom. The van der Waals surface area contributed by atoms with Crippen molar-refractivity contribution in [3.63, 3.8) is 0 Å². The maximum Gasteiger partial charge on any atom is 0.388 e. The first-order valence-corrected chi connectivity index (χ1v) is 40.9. The number of ether oxygens (including phenoxy) is 4. The van der Waals surface area contributed by atoms with Gasteiger partial charge >= 0.3 is 49.6 Å². The van der Waals surface area contributed by atoms with Gasteiger partial charge < -0.3 is 39.5 Å². The zero-order valence-electron chi connectivity index (χ0n) is 41.2. The van der Waals surface area contributed by atoms with Crippen LogP contribution in [0.1, 0.15) is 132 Å². The molecular formula is C58H130O13Si7. The zero-order chi connectivity index (χ0) is 49.5. The Bertz CT molecular complexity index is 1890. The number of esters is 4. The molecule has 0 atom stereocenters. The van der Waals surface area contributed by atoms with E-state index in [0.29, 0.717) is 22.3 Å². The van der Waals surface area contributed by atoms with E-state index in [1.807, 2.05) is 139 Å². The van der Waals surface area contributed by atoms with Gasteiger partial charge in [-0.3, -0.25) is 0 Å². The van der Waals surface area contributed by atoms with E-state index in [9.17, 15) is 19.2 Å². The molecule has 0 spiro atoms. The van der Waals surface area contributed by atoms with E-state index in [0.717, 1.165) is 10.4 Å². The summed E-state index contributed by atoms with van der Waals surface area (Å²) in [7, 11) is -18.5. The van der Waals surface area contributed by atoms with Gasteiger partial charge in [0.25, 0.3) is 0 Å². The van der Waals surface area contributed by atoms with E-state index in [4.69, 9.17) is 39.5 Å². The molecular weight excluding hydrogens is 1100 g/mol. The summed E-state index contributed by atoms with van der Waals surface area (Å²) < 4.78 is 55.1. The highest BCUT2D eigenvalue weighted by molar-refractivity contribution is 7.02. The molecule has 2 rings (SSSR count). The van der Waals surface area contributed by atoms with Crippen LogP contribution in [0.25, 0.3) is 0 Å². The quantitative estimate of drug-likeness (QED) is 0.0425. The minimum Gasteiger partial charge on any atom is -0.463 e.